The molecule has 7 atom stereocenters. The molecule has 36 heavy (non-hydrogen) atoms. The maximum atomic E-state index is 14.7. The van der Waals surface area contributed by atoms with Gasteiger partial charge in [0, 0.05) is 5.92 Å². The third kappa shape index (κ3) is 3.18. The van der Waals surface area contributed by atoms with Crippen molar-refractivity contribution in [3.8, 4) is 0 Å². The van der Waals surface area contributed by atoms with Gasteiger partial charge < -0.3 is 19.3 Å². The van der Waals surface area contributed by atoms with Crippen LogP contribution in [0.15, 0.2) is 27.9 Å². The van der Waals surface area contributed by atoms with E-state index in [9.17, 15) is 14.7 Å². The zero-order chi connectivity index (χ0) is 26.4. The molecule has 2 fully saturated rings. The first kappa shape index (κ1) is 25.3. The SMILES string of the molecule is CC1=CC23C(=O)[C@@H](C=C4COC(C)(C)O[C@H]4[C@]2(O)[C@H]1OC(=O)c1nonc1C)C(C)(C)[C@@H](C)CC3C. The predicted octanol–water partition coefficient (Wildman–Crippen LogP) is 3.56. The van der Waals surface area contributed by atoms with Crippen LogP contribution in [-0.4, -0.2) is 57.4 Å². The van der Waals surface area contributed by atoms with Crippen LogP contribution in [0, 0.1) is 35.5 Å². The molecule has 5 rings (SSSR count). The third-order valence-corrected chi connectivity index (χ3v) is 9.35. The van der Waals surface area contributed by atoms with E-state index in [-0.39, 0.29) is 41.0 Å². The quantitative estimate of drug-likeness (QED) is 0.480. The van der Waals surface area contributed by atoms with Gasteiger partial charge in [-0.25, -0.2) is 9.42 Å². The number of rotatable bonds is 2. The van der Waals surface area contributed by atoms with Crippen LogP contribution in [0.5, 0.6) is 0 Å². The van der Waals surface area contributed by atoms with Crippen LogP contribution in [0.1, 0.15) is 71.1 Å². The van der Waals surface area contributed by atoms with E-state index in [1.54, 1.807) is 27.7 Å². The fourth-order valence-corrected chi connectivity index (χ4v) is 6.94. The number of allylic oxidation sites excluding steroid dienone is 1. The topological polar surface area (TPSA) is 121 Å². The normalized spacial score (nSPS) is 40.8. The van der Waals surface area contributed by atoms with Gasteiger partial charge in [0.15, 0.2) is 23.3 Å². The van der Waals surface area contributed by atoms with Crippen LogP contribution in [0.3, 0.4) is 0 Å². The van der Waals surface area contributed by atoms with Crippen molar-refractivity contribution < 1.29 is 33.5 Å². The Morgan fingerprint density at radius 1 is 1.14 bits per heavy atom. The number of esters is 1. The number of nitrogens with zero attached hydrogens (tertiary/aromatic N) is 2. The molecule has 3 aliphatic carbocycles. The Hall–Kier alpha value is -2.36. The van der Waals surface area contributed by atoms with Crippen molar-refractivity contribution in [2.24, 2.45) is 28.6 Å². The maximum absolute atomic E-state index is 14.7. The van der Waals surface area contributed by atoms with Crippen molar-refractivity contribution in [2.45, 2.75) is 85.4 Å². The molecule has 1 N–H and O–H groups in total. The summed E-state index contributed by atoms with van der Waals surface area (Å²) in [6.07, 6.45) is 2.43. The van der Waals surface area contributed by atoms with Crippen LogP contribution in [-0.2, 0) is 19.0 Å². The van der Waals surface area contributed by atoms with Gasteiger partial charge in [0.25, 0.3) is 0 Å². The van der Waals surface area contributed by atoms with Crippen LogP contribution < -0.4 is 0 Å². The average molecular weight is 501 g/mol. The standard InChI is InChI=1S/C27H36N2O7/c1-13-11-26-15(3)9-14(2)24(5,6)18(20(26)30)10-17-12-33-25(7,8)35-22(17)27(26,32)21(13)34-23(31)19-16(4)28-36-29-19/h10-11,14-15,18,21-22,32H,9,12H2,1-8H3/t14-,15?,18+,21-,22+,26?,27+/m0/s1. The smallest absolute Gasteiger partial charge is 0.363 e. The number of Topliss-reactive ketones (excluding diaryl/α,β-unsaturated/α-hetero) is 1. The highest BCUT2D eigenvalue weighted by Gasteiger charge is 2.74. The molecule has 2 unspecified atom stereocenters. The summed E-state index contributed by atoms with van der Waals surface area (Å²) in [5.41, 5.74) is -2.10. The number of carbonyl (C=O) groups excluding carboxylic acids is 2. The van der Waals surface area contributed by atoms with Crippen LogP contribution in [0.25, 0.3) is 0 Å². The minimum absolute atomic E-state index is 0.0714. The van der Waals surface area contributed by atoms with Crippen molar-refractivity contribution in [3.05, 3.63) is 34.7 Å². The van der Waals surface area contributed by atoms with Gasteiger partial charge in [-0.3, -0.25) is 4.79 Å². The molecule has 0 radical (unpaired) electrons. The number of aliphatic hydroxyl groups is 1. The van der Waals surface area contributed by atoms with Gasteiger partial charge in [-0.05, 0) is 67.7 Å². The van der Waals surface area contributed by atoms with Gasteiger partial charge in [-0.1, -0.05) is 45.0 Å². The lowest BCUT2D eigenvalue weighted by Gasteiger charge is -2.52. The number of fused-ring (bicyclic) bond motifs is 3. The Morgan fingerprint density at radius 2 is 1.83 bits per heavy atom. The molecule has 9 nitrogen and oxygen atoms in total. The monoisotopic (exact) mass is 500 g/mol. The number of aryl methyl sites for hydroxylation is 1. The summed E-state index contributed by atoms with van der Waals surface area (Å²) in [7, 11) is 0. The molecular weight excluding hydrogens is 464 g/mol. The molecule has 1 aliphatic heterocycles. The molecule has 2 bridgehead atoms. The Labute approximate surface area is 211 Å². The van der Waals surface area contributed by atoms with Crippen molar-refractivity contribution in [3.63, 3.8) is 0 Å². The Kier molecular flexibility index (Phi) is 5.50. The van der Waals surface area contributed by atoms with Crippen LogP contribution >= 0.6 is 0 Å². The molecule has 1 saturated heterocycles. The molecule has 2 heterocycles. The summed E-state index contributed by atoms with van der Waals surface area (Å²) >= 11 is 0. The highest BCUT2D eigenvalue weighted by atomic mass is 16.7. The fourth-order valence-electron chi connectivity index (χ4n) is 6.94. The first-order chi connectivity index (χ1) is 16.7. The lowest BCUT2D eigenvalue weighted by atomic mass is 9.59. The first-order valence-electron chi connectivity index (χ1n) is 12.7. The van der Waals surface area contributed by atoms with Gasteiger partial charge in [0.2, 0.25) is 5.69 Å². The van der Waals surface area contributed by atoms with E-state index in [2.05, 4.69) is 35.7 Å². The van der Waals surface area contributed by atoms with E-state index >= 15 is 0 Å². The molecule has 0 amide bonds. The lowest BCUT2D eigenvalue weighted by Crippen LogP contribution is -2.68. The molecule has 1 saturated carbocycles. The molecule has 1 aromatic heterocycles. The van der Waals surface area contributed by atoms with Gasteiger partial charge in [0.05, 0.1) is 12.0 Å². The zero-order valence-electron chi connectivity index (χ0n) is 22.2. The van der Waals surface area contributed by atoms with Crippen molar-refractivity contribution in [1.29, 1.82) is 0 Å². The van der Waals surface area contributed by atoms with E-state index in [0.717, 1.165) is 0 Å². The van der Waals surface area contributed by atoms with Crippen LogP contribution in [0.2, 0.25) is 0 Å². The minimum Gasteiger partial charge on any atom is -0.450 e. The summed E-state index contributed by atoms with van der Waals surface area (Å²) in [6, 6.07) is 0. The number of hydrogen-bond donors (Lipinski definition) is 1. The van der Waals surface area contributed by atoms with E-state index in [1.165, 1.54) is 0 Å². The Morgan fingerprint density at radius 3 is 2.47 bits per heavy atom. The highest BCUT2D eigenvalue weighted by molar-refractivity contribution is 5.95. The van der Waals surface area contributed by atoms with Crippen molar-refractivity contribution >= 4 is 11.8 Å². The van der Waals surface area contributed by atoms with Crippen molar-refractivity contribution in [1.82, 2.24) is 10.3 Å². The van der Waals surface area contributed by atoms with E-state index in [0.29, 0.717) is 17.6 Å². The fraction of sp³-hybridized carbons (Fsp3) is 0.704. The molecule has 196 valence electrons. The lowest BCUT2D eigenvalue weighted by molar-refractivity contribution is -0.302. The second kappa shape index (κ2) is 7.82. The van der Waals surface area contributed by atoms with E-state index in [4.69, 9.17) is 14.2 Å². The summed E-state index contributed by atoms with van der Waals surface area (Å²) in [4.78, 5) is 27.9. The highest BCUT2D eigenvalue weighted by Crippen LogP contribution is 2.63. The molecule has 4 aliphatic rings. The summed E-state index contributed by atoms with van der Waals surface area (Å²) < 4.78 is 23.1. The second-order valence-corrected chi connectivity index (χ2v) is 12.2. The number of ether oxygens (including phenoxy) is 3. The van der Waals surface area contributed by atoms with Gasteiger partial charge in [-0.15, -0.1) is 0 Å². The number of aromatic nitrogens is 2. The predicted molar refractivity (Wildman–Crippen MR) is 128 cm³/mol. The molecule has 1 aromatic rings. The van der Waals surface area contributed by atoms with Gasteiger partial charge in [-0.2, -0.15) is 0 Å². The zero-order valence-corrected chi connectivity index (χ0v) is 22.2. The number of hydrogen-bond acceptors (Lipinski definition) is 9. The maximum Gasteiger partial charge on any atom is 0.363 e. The number of carbonyl (C=O) groups is 2. The van der Waals surface area contributed by atoms with E-state index < -0.39 is 40.9 Å². The molecule has 1 spiro atoms. The third-order valence-electron chi connectivity index (χ3n) is 9.35. The molecular formula is C27H36N2O7. The van der Waals surface area contributed by atoms with Crippen molar-refractivity contribution in [2.75, 3.05) is 6.61 Å². The van der Waals surface area contributed by atoms with Gasteiger partial charge in [0.1, 0.15) is 11.8 Å². The largest absolute Gasteiger partial charge is 0.450 e. The Balaban J connectivity index is 1.73. The molecule has 9 heteroatoms. The summed E-state index contributed by atoms with van der Waals surface area (Å²) in [5, 5.41) is 20.3. The summed E-state index contributed by atoms with van der Waals surface area (Å²) in [6.45, 7) is 15.5. The van der Waals surface area contributed by atoms with E-state index in [1.807, 2.05) is 19.1 Å². The number of ketones is 1. The van der Waals surface area contributed by atoms with Crippen LogP contribution in [0.4, 0.5) is 0 Å². The first-order valence-corrected chi connectivity index (χ1v) is 12.7. The molecule has 0 aromatic carbocycles. The Bertz CT molecular complexity index is 1180. The van der Waals surface area contributed by atoms with Gasteiger partial charge >= 0.3 is 5.97 Å². The second-order valence-electron chi connectivity index (χ2n) is 12.2. The summed E-state index contributed by atoms with van der Waals surface area (Å²) in [5.74, 6) is -2.40. The average Bonchev–Trinajstić information content (AvgIpc) is 3.28. The minimum atomic E-state index is -1.89.